The standard InChI is InChI=1S/C43H47BrN10O6/c1-24-31-22-46-43(49-38(31)53(28-5-3-4-6-28)41(59)36(24)25(2)55)47-34-9-7-29(21-45-34)51-13-11-27(12-14-51)52-17-15-50(16-18-52)23-26-19-30-37(32(44)20-26)42(60)54(40(30)58)33-8-10-35(56)48-39(33)57/h7,9,19-22,27-28,33H,3-6,8,10-18,23H2,1-2H3,(H,48,56,57)(H,45,46,47,49). The van der Waals surface area contributed by atoms with Gasteiger partial charge < -0.3 is 10.2 Å². The first-order valence-corrected chi connectivity index (χ1v) is 21.7. The minimum Gasteiger partial charge on any atom is -0.370 e. The number of aromatic nitrogens is 4. The molecule has 4 fully saturated rings. The largest absolute Gasteiger partial charge is 0.370 e. The van der Waals surface area contributed by atoms with Crippen molar-refractivity contribution in [3.8, 4) is 0 Å². The van der Waals surface area contributed by atoms with Gasteiger partial charge in [0, 0.05) is 80.4 Å². The van der Waals surface area contributed by atoms with Crippen LogP contribution in [0.5, 0.6) is 0 Å². The molecule has 17 heteroatoms. The Bertz CT molecular complexity index is 2490. The highest BCUT2D eigenvalue weighted by Gasteiger charge is 2.46. The highest BCUT2D eigenvalue weighted by molar-refractivity contribution is 9.10. The average Bonchev–Trinajstić information content (AvgIpc) is 3.85. The third-order valence-corrected chi connectivity index (χ3v) is 13.6. The van der Waals surface area contributed by atoms with Gasteiger partial charge in [-0.2, -0.15) is 4.98 Å². The van der Waals surface area contributed by atoms with Crippen molar-refractivity contribution in [3.05, 3.63) is 79.3 Å². The maximum atomic E-state index is 13.6. The fraction of sp³-hybridized carbons (Fsp3) is 0.465. The molecule has 60 heavy (non-hydrogen) atoms. The number of ketones is 1. The van der Waals surface area contributed by atoms with Gasteiger partial charge in [-0.15, -0.1) is 0 Å². The second-order valence-corrected chi connectivity index (χ2v) is 17.5. The lowest BCUT2D eigenvalue weighted by Crippen LogP contribution is -2.54. The van der Waals surface area contributed by atoms with E-state index in [9.17, 15) is 28.8 Å². The minimum absolute atomic E-state index is 0.00430. The van der Waals surface area contributed by atoms with Crippen LogP contribution in [0.2, 0.25) is 0 Å². The number of Topliss-reactive ketones (excluding diaryl/α,β-unsaturated/α-hetero) is 1. The summed E-state index contributed by atoms with van der Waals surface area (Å²) in [5, 5.41) is 6.17. The smallest absolute Gasteiger partial charge is 0.263 e. The fourth-order valence-electron chi connectivity index (χ4n) is 9.80. The van der Waals surface area contributed by atoms with Crippen LogP contribution in [-0.4, -0.2) is 115 Å². The summed E-state index contributed by atoms with van der Waals surface area (Å²) in [6.07, 6.45) is 9.66. The topological polar surface area (TPSA) is 183 Å². The van der Waals surface area contributed by atoms with Crippen molar-refractivity contribution in [2.24, 2.45) is 0 Å². The molecule has 1 aliphatic carbocycles. The molecule has 1 atom stereocenters. The van der Waals surface area contributed by atoms with E-state index in [-0.39, 0.29) is 46.9 Å². The second kappa shape index (κ2) is 16.2. The Balaban J connectivity index is 0.784. The number of carbonyl (C=O) groups excluding carboxylic acids is 5. The Morgan fingerprint density at radius 2 is 1.63 bits per heavy atom. The maximum absolute atomic E-state index is 13.6. The molecule has 312 valence electrons. The molecule has 7 heterocycles. The van der Waals surface area contributed by atoms with Gasteiger partial charge in [0.2, 0.25) is 17.8 Å². The molecule has 1 aromatic carbocycles. The van der Waals surface area contributed by atoms with E-state index < -0.39 is 29.7 Å². The average molecular weight is 880 g/mol. The molecule has 4 aliphatic heterocycles. The lowest BCUT2D eigenvalue weighted by atomic mass is 10.0. The van der Waals surface area contributed by atoms with Crippen LogP contribution in [0, 0.1) is 6.92 Å². The van der Waals surface area contributed by atoms with E-state index in [1.807, 2.05) is 18.3 Å². The number of carbonyl (C=O) groups is 5. The number of piperidine rings is 2. The van der Waals surface area contributed by atoms with Crippen LogP contribution in [0.3, 0.4) is 0 Å². The van der Waals surface area contributed by atoms with Crippen LogP contribution in [0.1, 0.15) is 107 Å². The van der Waals surface area contributed by atoms with Crippen molar-refractivity contribution < 1.29 is 24.0 Å². The van der Waals surface area contributed by atoms with E-state index in [0.717, 1.165) is 93.9 Å². The summed E-state index contributed by atoms with van der Waals surface area (Å²) in [4.78, 5) is 99.3. The van der Waals surface area contributed by atoms with E-state index in [1.54, 1.807) is 23.8 Å². The van der Waals surface area contributed by atoms with Gasteiger partial charge in [-0.05, 0) is 97.3 Å². The van der Waals surface area contributed by atoms with Crippen LogP contribution in [-0.2, 0) is 16.1 Å². The summed E-state index contributed by atoms with van der Waals surface area (Å²) in [7, 11) is 0. The van der Waals surface area contributed by atoms with E-state index in [4.69, 9.17) is 4.98 Å². The molecule has 4 amide bonds. The van der Waals surface area contributed by atoms with E-state index in [2.05, 4.69) is 57.3 Å². The molecular weight excluding hydrogens is 832 g/mol. The molecule has 9 rings (SSSR count). The lowest BCUT2D eigenvalue weighted by Gasteiger charge is -2.43. The van der Waals surface area contributed by atoms with Gasteiger partial charge in [0.05, 0.1) is 28.6 Å². The summed E-state index contributed by atoms with van der Waals surface area (Å²) in [6.45, 7) is 9.31. The van der Waals surface area contributed by atoms with Gasteiger partial charge in [0.25, 0.3) is 17.4 Å². The zero-order valence-electron chi connectivity index (χ0n) is 33.7. The highest BCUT2D eigenvalue weighted by atomic mass is 79.9. The molecule has 16 nitrogen and oxygen atoms in total. The van der Waals surface area contributed by atoms with Gasteiger partial charge in [-0.3, -0.25) is 53.4 Å². The highest BCUT2D eigenvalue weighted by Crippen LogP contribution is 2.35. The number of nitrogens with one attached hydrogen (secondary N) is 2. The van der Waals surface area contributed by atoms with Crippen LogP contribution >= 0.6 is 15.9 Å². The zero-order chi connectivity index (χ0) is 41.8. The van der Waals surface area contributed by atoms with Crippen molar-refractivity contribution in [2.45, 2.75) is 89.9 Å². The van der Waals surface area contributed by atoms with Crippen molar-refractivity contribution in [1.82, 2.24) is 39.5 Å². The number of hydrogen-bond acceptors (Lipinski definition) is 13. The van der Waals surface area contributed by atoms with Crippen LogP contribution < -0.4 is 21.1 Å². The number of benzene rings is 1. The summed E-state index contributed by atoms with van der Waals surface area (Å²) in [5.74, 6) is -1.35. The van der Waals surface area contributed by atoms with Gasteiger partial charge in [0.15, 0.2) is 5.78 Å². The van der Waals surface area contributed by atoms with Crippen LogP contribution in [0.15, 0.2) is 45.9 Å². The Kier molecular flexibility index (Phi) is 10.8. The molecule has 5 aliphatic rings. The number of halogens is 1. The predicted molar refractivity (Wildman–Crippen MR) is 226 cm³/mol. The molecule has 3 aromatic heterocycles. The quantitative estimate of drug-likeness (QED) is 0.177. The molecule has 4 aromatic rings. The van der Waals surface area contributed by atoms with E-state index in [0.29, 0.717) is 45.4 Å². The number of imide groups is 2. The molecule has 3 saturated heterocycles. The normalized spacial score (nSPS) is 20.9. The SMILES string of the molecule is CC(=O)c1c(C)c2cnc(Nc3ccc(N4CCC(N5CCN(Cc6cc(Br)c7c(c6)C(=O)N(C6CCC(=O)NC6=O)C7=O)CC5)CC4)cn3)nc2n(C2CCCC2)c1=O. The number of aryl methyl sites for hydroxylation is 1. The Morgan fingerprint density at radius 1 is 0.883 bits per heavy atom. The second-order valence-electron chi connectivity index (χ2n) is 16.6. The van der Waals surface area contributed by atoms with E-state index >= 15 is 0 Å². The Hall–Kier alpha value is -5.39. The molecule has 1 saturated carbocycles. The minimum atomic E-state index is -0.997. The third kappa shape index (κ3) is 7.40. The van der Waals surface area contributed by atoms with Gasteiger partial charge in [-0.1, -0.05) is 12.8 Å². The Labute approximate surface area is 354 Å². The molecular formula is C43H47BrN10O6. The molecule has 0 radical (unpaired) electrons. The number of amides is 4. The third-order valence-electron chi connectivity index (χ3n) is 13.0. The number of hydrogen-bond donors (Lipinski definition) is 2. The first-order valence-electron chi connectivity index (χ1n) is 20.9. The van der Waals surface area contributed by atoms with Gasteiger partial charge >= 0.3 is 0 Å². The summed E-state index contributed by atoms with van der Waals surface area (Å²) >= 11 is 3.52. The summed E-state index contributed by atoms with van der Waals surface area (Å²) < 4.78 is 2.24. The van der Waals surface area contributed by atoms with Crippen molar-refractivity contribution in [2.75, 3.05) is 49.5 Å². The zero-order valence-corrected chi connectivity index (χ0v) is 35.3. The van der Waals surface area contributed by atoms with E-state index in [1.165, 1.54) is 6.92 Å². The monoisotopic (exact) mass is 878 g/mol. The van der Waals surface area contributed by atoms with Crippen LogP contribution in [0.4, 0.5) is 17.5 Å². The lowest BCUT2D eigenvalue weighted by molar-refractivity contribution is -0.136. The van der Waals surface area contributed by atoms with Gasteiger partial charge in [-0.25, -0.2) is 9.97 Å². The van der Waals surface area contributed by atoms with Crippen molar-refractivity contribution >= 4 is 73.8 Å². The molecule has 0 bridgehead atoms. The number of piperazine rings is 1. The number of pyridine rings is 2. The predicted octanol–water partition coefficient (Wildman–Crippen LogP) is 4.51. The number of anilines is 3. The summed E-state index contributed by atoms with van der Waals surface area (Å²) in [5.41, 5.74) is 3.60. The molecule has 2 N–H and O–H groups in total. The number of fused-ring (bicyclic) bond motifs is 2. The van der Waals surface area contributed by atoms with Crippen molar-refractivity contribution in [1.29, 1.82) is 0 Å². The Morgan fingerprint density at radius 3 is 2.32 bits per heavy atom. The first-order chi connectivity index (χ1) is 28.9. The summed E-state index contributed by atoms with van der Waals surface area (Å²) in [6, 6.07) is 7.12. The molecule has 1 unspecified atom stereocenters. The fourth-order valence-corrected chi connectivity index (χ4v) is 10.5. The number of nitrogens with zero attached hydrogens (tertiary/aromatic N) is 8. The molecule has 0 spiro atoms. The van der Waals surface area contributed by atoms with Gasteiger partial charge in [0.1, 0.15) is 17.5 Å². The van der Waals surface area contributed by atoms with Crippen molar-refractivity contribution in [3.63, 3.8) is 0 Å². The first kappa shape index (κ1) is 40.0. The number of rotatable bonds is 9. The maximum Gasteiger partial charge on any atom is 0.263 e. The van der Waals surface area contributed by atoms with Crippen LogP contribution in [0.25, 0.3) is 11.0 Å².